The van der Waals surface area contributed by atoms with Crippen LogP contribution in [0.5, 0.6) is 5.75 Å². The monoisotopic (exact) mass is 467 g/mol. The number of fused-ring (bicyclic) bond motifs is 1. The van der Waals surface area contributed by atoms with Crippen LogP contribution in [-0.2, 0) is 4.79 Å². The van der Waals surface area contributed by atoms with Crippen LogP contribution in [0.3, 0.4) is 0 Å². The number of hydrogen-bond acceptors (Lipinski definition) is 7. The van der Waals surface area contributed by atoms with Gasteiger partial charge in [0.05, 0.1) is 24.6 Å². The van der Waals surface area contributed by atoms with E-state index in [0.717, 1.165) is 46.9 Å². The van der Waals surface area contributed by atoms with Gasteiger partial charge in [-0.15, -0.1) is 0 Å². The SMILES string of the molecule is CCCN1c2cc(OC)c(/C=N\NC(=O)CSc3nc(C)cc(C)n3)cc2C(C)=CC1(C)C. The van der Waals surface area contributed by atoms with Crippen molar-refractivity contribution in [1.82, 2.24) is 15.4 Å². The zero-order valence-corrected chi connectivity index (χ0v) is 21.3. The van der Waals surface area contributed by atoms with Gasteiger partial charge in [-0.05, 0) is 58.7 Å². The maximum Gasteiger partial charge on any atom is 0.250 e. The smallest absolute Gasteiger partial charge is 0.250 e. The van der Waals surface area contributed by atoms with Gasteiger partial charge >= 0.3 is 0 Å². The molecule has 0 unspecified atom stereocenters. The van der Waals surface area contributed by atoms with Crippen molar-refractivity contribution in [2.45, 2.75) is 58.7 Å². The number of hydrogen-bond donors (Lipinski definition) is 1. The molecule has 2 heterocycles. The van der Waals surface area contributed by atoms with E-state index in [-0.39, 0.29) is 17.2 Å². The molecule has 0 radical (unpaired) electrons. The van der Waals surface area contributed by atoms with E-state index in [0.29, 0.717) is 5.16 Å². The Labute approximate surface area is 200 Å². The lowest BCUT2D eigenvalue weighted by atomic mass is 9.87. The lowest BCUT2D eigenvalue weighted by Gasteiger charge is -2.43. The van der Waals surface area contributed by atoms with Crippen molar-refractivity contribution in [2.75, 3.05) is 24.3 Å². The Morgan fingerprint density at radius 3 is 2.55 bits per heavy atom. The van der Waals surface area contributed by atoms with Crippen molar-refractivity contribution in [3.05, 3.63) is 46.8 Å². The van der Waals surface area contributed by atoms with E-state index < -0.39 is 0 Å². The summed E-state index contributed by atoms with van der Waals surface area (Å²) in [4.78, 5) is 23.3. The third kappa shape index (κ3) is 5.93. The van der Waals surface area contributed by atoms with Crippen LogP contribution in [0.2, 0.25) is 0 Å². The van der Waals surface area contributed by atoms with Gasteiger partial charge in [0.2, 0.25) is 0 Å². The van der Waals surface area contributed by atoms with Gasteiger partial charge in [0.25, 0.3) is 5.91 Å². The molecule has 8 heteroatoms. The number of aromatic nitrogens is 2. The van der Waals surface area contributed by atoms with Crippen LogP contribution in [0.15, 0.2) is 34.5 Å². The predicted octanol–water partition coefficient (Wildman–Crippen LogP) is 4.76. The molecule has 0 atom stereocenters. The number of carbonyl (C=O) groups excluding carboxylic acids is 1. The molecular weight excluding hydrogens is 434 g/mol. The Balaban J connectivity index is 1.74. The molecule has 33 heavy (non-hydrogen) atoms. The number of carbonyl (C=O) groups is 1. The first kappa shape index (κ1) is 24.8. The van der Waals surface area contributed by atoms with Gasteiger partial charge in [-0.1, -0.05) is 24.8 Å². The molecule has 1 amide bonds. The number of rotatable bonds is 8. The summed E-state index contributed by atoms with van der Waals surface area (Å²) in [6.45, 7) is 13.6. The van der Waals surface area contributed by atoms with E-state index in [2.05, 4.69) is 71.3 Å². The summed E-state index contributed by atoms with van der Waals surface area (Å²) in [5, 5.41) is 4.75. The average molecular weight is 468 g/mol. The van der Waals surface area contributed by atoms with Gasteiger partial charge in [-0.25, -0.2) is 15.4 Å². The summed E-state index contributed by atoms with van der Waals surface area (Å²) in [6, 6.07) is 6.05. The maximum absolute atomic E-state index is 12.3. The fourth-order valence-corrected chi connectivity index (χ4v) is 4.87. The molecule has 3 rings (SSSR count). The molecule has 0 saturated heterocycles. The van der Waals surface area contributed by atoms with Gasteiger partial charge in [-0.2, -0.15) is 5.10 Å². The molecule has 0 fully saturated rings. The first-order valence-electron chi connectivity index (χ1n) is 11.1. The van der Waals surface area contributed by atoms with Crippen LogP contribution in [0.1, 0.15) is 56.6 Å². The number of methoxy groups -OCH3 is 1. The van der Waals surface area contributed by atoms with Gasteiger partial charge in [0, 0.05) is 40.8 Å². The number of amides is 1. The largest absolute Gasteiger partial charge is 0.496 e. The van der Waals surface area contributed by atoms with Crippen LogP contribution in [0, 0.1) is 13.8 Å². The molecule has 1 aromatic carbocycles. The fourth-order valence-electron chi connectivity index (χ4n) is 4.13. The average Bonchev–Trinajstić information content (AvgIpc) is 2.74. The highest BCUT2D eigenvalue weighted by molar-refractivity contribution is 7.99. The minimum absolute atomic E-state index is 0.0705. The molecule has 7 nitrogen and oxygen atoms in total. The highest BCUT2D eigenvalue weighted by Gasteiger charge is 2.31. The second-order valence-corrected chi connectivity index (χ2v) is 9.70. The summed E-state index contributed by atoms with van der Waals surface area (Å²) in [5.41, 5.74) is 8.62. The van der Waals surface area contributed by atoms with Gasteiger partial charge in [0.1, 0.15) is 5.75 Å². The first-order chi connectivity index (χ1) is 15.6. The van der Waals surface area contributed by atoms with Crippen molar-refractivity contribution in [1.29, 1.82) is 0 Å². The van der Waals surface area contributed by atoms with Crippen LogP contribution < -0.4 is 15.1 Å². The number of anilines is 1. The summed E-state index contributed by atoms with van der Waals surface area (Å²) >= 11 is 1.29. The zero-order chi connectivity index (χ0) is 24.2. The molecule has 1 N–H and O–H groups in total. The number of allylic oxidation sites excluding steroid dienone is 1. The predicted molar refractivity (Wildman–Crippen MR) is 136 cm³/mol. The number of nitrogens with one attached hydrogen (secondary N) is 1. The van der Waals surface area contributed by atoms with Crippen LogP contribution in [0.4, 0.5) is 5.69 Å². The second-order valence-electron chi connectivity index (χ2n) is 8.76. The number of aryl methyl sites for hydroxylation is 2. The Hall–Kier alpha value is -2.87. The van der Waals surface area contributed by atoms with Crippen LogP contribution in [-0.4, -0.2) is 47.0 Å². The number of thioether (sulfide) groups is 1. The molecule has 1 aliphatic heterocycles. The number of benzene rings is 1. The summed E-state index contributed by atoms with van der Waals surface area (Å²) < 4.78 is 5.66. The Kier molecular flexibility index (Phi) is 7.79. The summed E-state index contributed by atoms with van der Waals surface area (Å²) in [6.07, 6.45) is 4.98. The normalized spacial score (nSPS) is 14.8. The highest BCUT2D eigenvalue weighted by atomic mass is 32.2. The number of hydrazone groups is 1. The molecule has 1 aromatic heterocycles. The molecule has 0 bridgehead atoms. The van der Waals surface area contributed by atoms with Crippen molar-refractivity contribution in [3.63, 3.8) is 0 Å². The van der Waals surface area contributed by atoms with Crippen molar-refractivity contribution >= 4 is 35.1 Å². The van der Waals surface area contributed by atoms with Crippen LogP contribution >= 0.6 is 11.8 Å². The number of ether oxygens (including phenoxy) is 1. The van der Waals surface area contributed by atoms with E-state index in [1.54, 1.807) is 13.3 Å². The van der Waals surface area contributed by atoms with Crippen molar-refractivity contribution in [3.8, 4) is 5.75 Å². The quantitative estimate of drug-likeness (QED) is 0.261. The van der Waals surface area contributed by atoms with Crippen molar-refractivity contribution < 1.29 is 9.53 Å². The van der Waals surface area contributed by atoms with E-state index in [1.807, 2.05) is 19.9 Å². The van der Waals surface area contributed by atoms with E-state index >= 15 is 0 Å². The Bertz CT molecular complexity index is 1070. The molecule has 176 valence electrons. The minimum Gasteiger partial charge on any atom is -0.496 e. The number of nitrogens with zero attached hydrogens (tertiary/aromatic N) is 4. The third-order valence-corrected chi connectivity index (χ3v) is 6.31. The van der Waals surface area contributed by atoms with E-state index in [9.17, 15) is 4.79 Å². The van der Waals surface area contributed by atoms with Crippen LogP contribution in [0.25, 0.3) is 5.57 Å². The minimum atomic E-state index is -0.220. The molecule has 0 aliphatic carbocycles. The Morgan fingerprint density at radius 1 is 1.21 bits per heavy atom. The molecule has 0 saturated carbocycles. The Morgan fingerprint density at radius 2 is 1.91 bits per heavy atom. The zero-order valence-electron chi connectivity index (χ0n) is 20.5. The molecule has 0 spiro atoms. The van der Waals surface area contributed by atoms with Gasteiger partial charge < -0.3 is 9.64 Å². The molecule has 1 aliphatic rings. The topological polar surface area (TPSA) is 79.7 Å². The first-order valence-corrected chi connectivity index (χ1v) is 12.1. The standard InChI is InChI=1S/C25H33N5O2S/c1-8-9-30-21-12-22(32-7)19(11-20(21)16(2)13-25(30,5)6)14-26-29-23(31)15-33-24-27-17(3)10-18(4)28-24/h10-14H,8-9,15H2,1-7H3,(H,29,31)/b26-14-. The maximum atomic E-state index is 12.3. The van der Waals surface area contributed by atoms with E-state index in [1.165, 1.54) is 17.3 Å². The fraction of sp³-hybridized carbons (Fsp3) is 0.440. The summed E-state index contributed by atoms with van der Waals surface area (Å²) in [7, 11) is 1.65. The summed E-state index contributed by atoms with van der Waals surface area (Å²) in [5.74, 6) is 0.684. The highest BCUT2D eigenvalue weighted by Crippen LogP contribution is 2.41. The molecule has 2 aromatic rings. The second kappa shape index (κ2) is 10.4. The lowest BCUT2D eigenvalue weighted by Crippen LogP contribution is -2.45. The van der Waals surface area contributed by atoms with Crippen molar-refractivity contribution in [2.24, 2.45) is 5.10 Å². The lowest BCUT2D eigenvalue weighted by molar-refractivity contribution is -0.118. The van der Waals surface area contributed by atoms with E-state index in [4.69, 9.17) is 4.74 Å². The third-order valence-electron chi connectivity index (χ3n) is 5.46. The van der Waals surface area contributed by atoms with Gasteiger partial charge in [-0.3, -0.25) is 4.79 Å². The van der Waals surface area contributed by atoms with Gasteiger partial charge in [0.15, 0.2) is 5.16 Å². The molecular formula is C25H33N5O2S.